The van der Waals surface area contributed by atoms with Crippen LogP contribution in [0.25, 0.3) is 5.52 Å². The largest absolute Gasteiger partial charge is 0.303 e. The highest BCUT2D eigenvalue weighted by Crippen LogP contribution is 2.19. The van der Waals surface area contributed by atoms with Crippen LogP contribution in [-0.4, -0.2) is 9.38 Å². The Hall–Kier alpha value is -1.65. The van der Waals surface area contributed by atoms with Crippen molar-refractivity contribution in [2.75, 3.05) is 0 Å². The molecule has 1 unspecified atom stereocenters. The normalized spacial score (nSPS) is 12.7. The number of nitrogens with zero attached hydrogens (tertiary/aromatic N) is 2. The molecule has 2 heterocycles. The fraction of sp³-hybridized carbons (Fsp3) is 0.188. The highest BCUT2D eigenvalue weighted by atomic mass is 79.9. The van der Waals surface area contributed by atoms with Crippen LogP contribution in [0, 0.1) is 0 Å². The Morgan fingerprint density at radius 1 is 1.15 bits per heavy atom. The van der Waals surface area contributed by atoms with E-state index in [2.05, 4.69) is 67.9 Å². The quantitative estimate of drug-likeness (QED) is 0.785. The summed E-state index contributed by atoms with van der Waals surface area (Å²) in [5, 5.41) is 3.52. The Bertz CT molecular complexity index is 706. The smallest absolute Gasteiger partial charge is 0.132 e. The summed E-state index contributed by atoms with van der Waals surface area (Å²) in [4.78, 5) is 4.57. The van der Waals surface area contributed by atoms with Gasteiger partial charge in [0, 0.05) is 12.2 Å². The van der Waals surface area contributed by atoms with Crippen molar-refractivity contribution in [3.8, 4) is 0 Å². The van der Waals surface area contributed by atoms with Crippen molar-refractivity contribution in [1.29, 1.82) is 0 Å². The minimum absolute atomic E-state index is 0.297. The number of fused-ring (bicyclic) bond motifs is 1. The van der Waals surface area contributed by atoms with Crippen molar-refractivity contribution in [3.63, 3.8) is 0 Å². The van der Waals surface area contributed by atoms with Gasteiger partial charge in [0.2, 0.25) is 0 Å². The lowest BCUT2D eigenvalue weighted by Gasteiger charge is -2.13. The number of halogens is 1. The molecule has 0 saturated carbocycles. The van der Waals surface area contributed by atoms with Gasteiger partial charge in [0.15, 0.2) is 0 Å². The van der Waals surface area contributed by atoms with Crippen molar-refractivity contribution < 1.29 is 0 Å². The Labute approximate surface area is 126 Å². The summed E-state index contributed by atoms with van der Waals surface area (Å²) in [6, 6.07) is 16.8. The van der Waals surface area contributed by atoms with Crippen molar-refractivity contribution in [3.05, 3.63) is 70.7 Å². The molecular weight excluding hydrogens is 314 g/mol. The predicted octanol–water partition coefficient (Wildman–Crippen LogP) is 3.95. The average Bonchev–Trinajstić information content (AvgIpc) is 2.83. The van der Waals surface area contributed by atoms with Crippen LogP contribution in [0.5, 0.6) is 0 Å². The van der Waals surface area contributed by atoms with E-state index in [1.54, 1.807) is 0 Å². The second-order valence-corrected chi connectivity index (χ2v) is 5.54. The SMILES string of the molecule is CC(NCc1nc(Br)c2ccccn12)c1ccccc1. The minimum Gasteiger partial charge on any atom is -0.303 e. The molecule has 20 heavy (non-hydrogen) atoms. The monoisotopic (exact) mass is 329 g/mol. The number of aromatic nitrogens is 2. The fourth-order valence-electron chi connectivity index (χ4n) is 2.29. The Balaban J connectivity index is 1.77. The molecule has 0 aliphatic carbocycles. The maximum Gasteiger partial charge on any atom is 0.132 e. The van der Waals surface area contributed by atoms with Gasteiger partial charge in [0.05, 0.1) is 12.1 Å². The van der Waals surface area contributed by atoms with E-state index in [-0.39, 0.29) is 0 Å². The summed E-state index contributed by atoms with van der Waals surface area (Å²) in [6.45, 7) is 2.90. The lowest BCUT2D eigenvalue weighted by Crippen LogP contribution is -2.19. The third kappa shape index (κ3) is 2.62. The number of rotatable bonds is 4. The van der Waals surface area contributed by atoms with Crippen LogP contribution in [0.2, 0.25) is 0 Å². The molecule has 2 aromatic heterocycles. The number of nitrogens with one attached hydrogen (secondary N) is 1. The van der Waals surface area contributed by atoms with Crippen LogP contribution < -0.4 is 5.32 Å². The third-order valence-electron chi connectivity index (χ3n) is 3.44. The Morgan fingerprint density at radius 3 is 2.70 bits per heavy atom. The zero-order chi connectivity index (χ0) is 13.9. The summed E-state index contributed by atoms with van der Waals surface area (Å²) in [7, 11) is 0. The minimum atomic E-state index is 0.297. The highest BCUT2D eigenvalue weighted by molar-refractivity contribution is 9.10. The van der Waals surface area contributed by atoms with Crippen LogP contribution in [0.1, 0.15) is 24.4 Å². The first kappa shape index (κ1) is 13.3. The average molecular weight is 330 g/mol. The number of hydrogen-bond acceptors (Lipinski definition) is 2. The molecule has 0 fully saturated rings. The first-order valence-corrected chi connectivity index (χ1v) is 7.45. The summed E-state index contributed by atoms with van der Waals surface area (Å²) < 4.78 is 3.00. The van der Waals surface area contributed by atoms with Gasteiger partial charge in [0.25, 0.3) is 0 Å². The van der Waals surface area contributed by atoms with E-state index >= 15 is 0 Å². The maximum absolute atomic E-state index is 4.57. The van der Waals surface area contributed by atoms with Gasteiger partial charge < -0.3 is 9.72 Å². The molecule has 0 bridgehead atoms. The van der Waals surface area contributed by atoms with Crippen LogP contribution in [0.4, 0.5) is 0 Å². The molecule has 0 amide bonds. The van der Waals surface area contributed by atoms with Gasteiger partial charge in [-0.2, -0.15) is 0 Å². The molecule has 4 heteroatoms. The maximum atomic E-state index is 4.57. The van der Waals surface area contributed by atoms with Gasteiger partial charge in [-0.05, 0) is 40.5 Å². The van der Waals surface area contributed by atoms with Crippen molar-refractivity contribution >= 4 is 21.4 Å². The number of hydrogen-bond donors (Lipinski definition) is 1. The van der Waals surface area contributed by atoms with Gasteiger partial charge in [-0.15, -0.1) is 0 Å². The van der Waals surface area contributed by atoms with E-state index in [9.17, 15) is 0 Å². The van der Waals surface area contributed by atoms with Gasteiger partial charge in [0.1, 0.15) is 10.4 Å². The van der Waals surface area contributed by atoms with E-state index < -0.39 is 0 Å². The molecular formula is C16H16BrN3. The van der Waals surface area contributed by atoms with Crippen LogP contribution in [0.3, 0.4) is 0 Å². The standard InChI is InChI=1S/C16H16BrN3/c1-12(13-7-3-2-4-8-13)18-11-15-19-16(17)14-9-5-6-10-20(14)15/h2-10,12,18H,11H2,1H3. The van der Waals surface area contributed by atoms with E-state index in [1.807, 2.05) is 24.4 Å². The zero-order valence-corrected chi connectivity index (χ0v) is 12.8. The lowest BCUT2D eigenvalue weighted by molar-refractivity contribution is 0.558. The third-order valence-corrected chi connectivity index (χ3v) is 4.03. The summed E-state index contributed by atoms with van der Waals surface area (Å²) in [5.74, 6) is 1.01. The van der Waals surface area contributed by atoms with Crippen LogP contribution in [-0.2, 0) is 6.54 Å². The molecule has 3 nitrogen and oxygen atoms in total. The molecule has 0 spiro atoms. The van der Waals surface area contributed by atoms with Crippen LogP contribution >= 0.6 is 15.9 Å². The van der Waals surface area contributed by atoms with E-state index in [4.69, 9.17) is 0 Å². The molecule has 0 saturated heterocycles. The van der Waals surface area contributed by atoms with Crippen LogP contribution in [0.15, 0.2) is 59.3 Å². The Morgan fingerprint density at radius 2 is 1.90 bits per heavy atom. The van der Waals surface area contributed by atoms with E-state index in [0.29, 0.717) is 6.04 Å². The number of imidazole rings is 1. The molecule has 1 N–H and O–H groups in total. The van der Waals surface area contributed by atoms with Gasteiger partial charge >= 0.3 is 0 Å². The van der Waals surface area contributed by atoms with Crippen molar-refractivity contribution in [2.45, 2.75) is 19.5 Å². The Kier molecular flexibility index (Phi) is 3.85. The number of benzene rings is 1. The van der Waals surface area contributed by atoms with Gasteiger partial charge in [-0.3, -0.25) is 0 Å². The van der Waals surface area contributed by atoms with E-state index in [0.717, 1.165) is 22.5 Å². The van der Waals surface area contributed by atoms with Crippen molar-refractivity contribution in [1.82, 2.24) is 14.7 Å². The fourth-order valence-corrected chi connectivity index (χ4v) is 2.82. The molecule has 1 atom stereocenters. The molecule has 0 radical (unpaired) electrons. The molecule has 1 aromatic carbocycles. The second kappa shape index (κ2) is 5.77. The molecule has 0 aliphatic heterocycles. The molecule has 3 rings (SSSR count). The van der Waals surface area contributed by atoms with Gasteiger partial charge in [-0.1, -0.05) is 36.4 Å². The summed E-state index contributed by atoms with van der Waals surface area (Å²) >= 11 is 3.51. The highest BCUT2D eigenvalue weighted by Gasteiger charge is 2.10. The molecule has 102 valence electrons. The summed E-state index contributed by atoms with van der Waals surface area (Å²) in [6.07, 6.45) is 2.04. The first-order chi connectivity index (χ1) is 9.75. The second-order valence-electron chi connectivity index (χ2n) is 4.79. The molecule has 0 aliphatic rings. The summed E-state index contributed by atoms with van der Waals surface area (Å²) in [5.41, 5.74) is 2.38. The number of pyridine rings is 1. The first-order valence-electron chi connectivity index (χ1n) is 6.65. The lowest BCUT2D eigenvalue weighted by atomic mass is 10.1. The predicted molar refractivity (Wildman–Crippen MR) is 84.6 cm³/mol. The molecule has 3 aromatic rings. The zero-order valence-electron chi connectivity index (χ0n) is 11.3. The topological polar surface area (TPSA) is 29.3 Å². The van der Waals surface area contributed by atoms with Crippen molar-refractivity contribution in [2.24, 2.45) is 0 Å². The van der Waals surface area contributed by atoms with Gasteiger partial charge in [-0.25, -0.2) is 4.98 Å². The van der Waals surface area contributed by atoms with E-state index in [1.165, 1.54) is 5.56 Å².